The van der Waals surface area contributed by atoms with Crippen LogP contribution in [0.15, 0.2) is 18.2 Å². The largest absolute Gasteiger partial charge is 0.317 e. The molecule has 118 valence electrons. The predicted octanol–water partition coefficient (Wildman–Crippen LogP) is 4.90. The van der Waals surface area contributed by atoms with E-state index in [1.165, 1.54) is 43.4 Å². The Morgan fingerprint density at radius 3 is 2.67 bits per heavy atom. The first-order chi connectivity index (χ1) is 9.91. The zero-order valence-electron chi connectivity index (χ0n) is 14.6. The van der Waals surface area contributed by atoms with Crippen molar-refractivity contribution in [1.82, 2.24) is 5.32 Å². The number of rotatable bonds is 5. The van der Waals surface area contributed by atoms with Crippen LogP contribution in [0, 0.1) is 31.1 Å². The van der Waals surface area contributed by atoms with Crippen molar-refractivity contribution in [3.8, 4) is 0 Å². The smallest absolute Gasteiger partial charge is 0.00179 e. The summed E-state index contributed by atoms with van der Waals surface area (Å²) in [5.41, 5.74) is 4.95. The van der Waals surface area contributed by atoms with Crippen LogP contribution in [0.2, 0.25) is 0 Å². The zero-order chi connectivity index (χ0) is 15.5. The minimum absolute atomic E-state index is 0.519. The third-order valence-corrected chi connectivity index (χ3v) is 5.32. The molecule has 0 spiro atoms. The number of hydrogen-bond acceptors (Lipinski definition) is 1. The maximum Gasteiger partial charge on any atom is -0.00179 e. The van der Waals surface area contributed by atoms with Gasteiger partial charge < -0.3 is 5.32 Å². The molecule has 0 aliphatic heterocycles. The monoisotopic (exact) mass is 287 g/mol. The lowest BCUT2D eigenvalue weighted by atomic mass is 9.65. The Bertz CT molecular complexity index is 461. The minimum Gasteiger partial charge on any atom is -0.317 e. The molecule has 1 aliphatic carbocycles. The van der Waals surface area contributed by atoms with E-state index in [4.69, 9.17) is 0 Å². The molecule has 1 heteroatoms. The first-order valence-electron chi connectivity index (χ1n) is 8.68. The highest BCUT2D eigenvalue weighted by Gasteiger charge is 2.34. The fourth-order valence-electron chi connectivity index (χ4n) is 3.93. The maximum absolute atomic E-state index is 3.59. The molecule has 1 nitrogen and oxygen atoms in total. The van der Waals surface area contributed by atoms with E-state index in [1.54, 1.807) is 5.56 Å². The molecule has 2 atom stereocenters. The fraction of sp³-hybridized carbons (Fsp3) is 0.700. The Balaban J connectivity index is 2.13. The summed E-state index contributed by atoms with van der Waals surface area (Å²) in [6.45, 7) is 13.9. The molecule has 0 radical (unpaired) electrons. The van der Waals surface area contributed by atoms with Gasteiger partial charge in [0, 0.05) is 0 Å². The van der Waals surface area contributed by atoms with Crippen molar-refractivity contribution in [3.05, 3.63) is 34.9 Å². The third-order valence-electron chi connectivity index (χ3n) is 5.32. The van der Waals surface area contributed by atoms with E-state index in [1.807, 2.05) is 0 Å². The molecular weight excluding hydrogens is 254 g/mol. The Kier molecular flexibility index (Phi) is 5.48. The van der Waals surface area contributed by atoms with Gasteiger partial charge in [0.1, 0.15) is 0 Å². The van der Waals surface area contributed by atoms with E-state index in [2.05, 4.69) is 58.1 Å². The summed E-state index contributed by atoms with van der Waals surface area (Å²) in [6.07, 6.45) is 5.39. The van der Waals surface area contributed by atoms with Gasteiger partial charge in [-0.2, -0.15) is 0 Å². The van der Waals surface area contributed by atoms with Gasteiger partial charge in [-0.05, 0) is 81.0 Å². The summed E-state index contributed by atoms with van der Waals surface area (Å²) in [5, 5.41) is 3.59. The van der Waals surface area contributed by atoms with Crippen molar-refractivity contribution in [3.63, 3.8) is 0 Å². The average Bonchev–Trinajstić information content (AvgIpc) is 2.41. The van der Waals surface area contributed by atoms with Crippen molar-refractivity contribution < 1.29 is 0 Å². The lowest BCUT2D eigenvalue weighted by Gasteiger charge is -2.41. The van der Waals surface area contributed by atoms with Crippen LogP contribution in [0.4, 0.5) is 0 Å². The lowest BCUT2D eigenvalue weighted by Crippen LogP contribution is -2.37. The molecule has 0 saturated heterocycles. The van der Waals surface area contributed by atoms with Gasteiger partial charge >= 0.3 is 0 Å². The molecule has 0 heterocycles. The molecule has 0 aromatic heterocycles. The molecule has 1 N–H and O–H groups in total. The molecule has 2 rings (SSSR count). The van der Waals surface area contributed by atoms with E-state index in [0.29, 0.717) is 5.41 Å². The van der Waals surface area contributed by atoms with Crippen LogP contribution in [-0.2, 0) is 6.42 Å². The highest BCUT2D eigenvalue weighted by atomic mass is 14.8. The molecule has 1 fully saturated rings. The second-order valence-corrected chi connectivity index (χ2v) is 7.87. The predicted molar refractivity (Wildman–Crippen MR) is 92.8 cm³/mol. The molecule has 21 heavy (non-hydrogen) atoms. The lowest BCUT2D eigenvalue weighted by molar-refractivity contribution is 0.116. The molecule has 1 saturated carbocycles. The molecule has 0 amide bonds. The normalized spacial score (nSPS) is 25.0. The van der Waals surface area contributed by atoms with Crippen LogP contribution in [0.25, 0.3) is 0 Å². The first kappa shape index (κ1) is 16.5. The standard InChI is InChI=1S/C20H33N/c1-6-21-14-17-9-10-20(4,5)13-19(17)12-18-11-15(2)7-8-16(18)3/h7-8,11,17,19,21H,6,9-10,12-14H2,1-5H3. The number of nitrogens with one attached hydrogen (secondary N) is 1. The van der Waals surface area contributed by atoms with E-state index in [9.17, 15) is 0 Å². The van der Waals surface area contributed by atoms with Gasteiger partial charge in [-0.3, -0.25) is 0 Å². The van der Waals surface area contributed by atoms with Crippen molar-refractivity contribution in [1.29, 1.82) is 0 Å². The molecule has 1 aromatic carbocycles. The van der Waals surface area contributed by atoms with Gasteiger partial charge in [0.2, 0.25) is 0 Å². The second-order valence-electron chi connectivity index (χ2n) is 7.87. The van der Waals surface area contributed by atoms with Crippen molar-refractivity contribution in [2.45, 2.75) is 60.3 Å². The second kappa shape index (κ2) is 6.96. The van der Waals surface area contributed by atoms with Crippen molar-refractivity contribution >= 4 is 0 Å². The van der Waals surface area contributed by atoms with E-state index < -0.39 is 0 Å². The molecule has 2 unspecified atom stereocenters. The van der Waals surface area contributed by atoms with Gasteiger partial charge in [-0.25, -0.2) is 0 Å². The van der Waals surface area contributed by atoms with Crippen LogP contribution >= 0.6 is 0 Å². The average molecular weight is 287 g/mol. The maximum atomic E-state index is 3.59. The first-order valence-corrected chi connectivity index (χ1v) is 8.68. The SMILES string of the molecule is CCNCC1CCC(C)(C)CC1Cc1cc(C)ccc1C. The minimum atomic E-state index is 0.519. The third kappa shape index (κ3) is 4.57. The summed E-state index contributed by atoms with van der Waals surface area (Å²) in [4.78, 5) is 0. The van der Waals surface area contributed by atoms with Crippen LogP contribution in [0.1, 0.15) is 56.7 Å². The summed E-state index contributed by atoms with van der Waals surface area (Å²) >= 11 is 0. The fourth-order valence-corrected chi connectivity index (χ4v) is 3.93. The van der Waals surface area contributed by atoms with Gasteiger partial charge in [-0.15, -0.1) is 0 Å². The van der Waals surface area contributed by atoms with Crippen LogP contribution in [-0.4, -0.2) is 13.1 Å². The number of hydrogen-bond donors (Lipinski definition) is 1. The Labute approximate surface area is 131 Å². The highest BCUT2D eigenvalue weighted by molar-refractivity contribution is 5.31. The topological polar surface area (TPSA) is 12.0 Å². The zero-order valence-corrected chi connectivity index (χ0v) is 14.6. The van der Waals surface area contributed by atoms with E-state index >= 15 is 0 Å². The van der Waals surface area contributed by atoms with Crippen molar-refractivity contribution in [2.75, 3.05) is 13.1 Å². The Hall–Kier alpha value is -0.820. The van der Waals surface area contributed by atoms with Crippen LogP contribution in [0.3, 0.4) is 0 Å². The summed E-state index contributed by atoms with van der Waals surface area (Å²) in [5.74, 6) is 1.67. The van der Waals surface area contributed by atoms with Gasteiger partial charge in [0.25, 0.3) is 0 Å². The van der Waals surface area contributed by atoms with E-state index in [0.717, 1.165) is 18.4 Å². The summed E-state index contributed by atoms with van der Waals surface area (Å²) in [6, 6.07) is 6.93. The number of benzene rings is 1. The highest BCUT2D eigenvalue weighted by Crippen LogP contribution is 2.43. The number of aryl methyl sites for hydroxylation is 2. The van der Waals surface area contributed by atoms with Crippen LogP contribution < -0.4 is 5.32 Å². The van der Waals surface area contributed by atoms with Gasteiger partial charge in [0.15, 0.2) is 0 Å². The van der Waals surface area contributed by atoms with E-state index in [-0.39, 0.29) is 0 Å². The summed E-state index contributed by atoms with van der Waals surface area (Å²) in [7, 11) is 0. The van der Waals surface area contributed by atoms with Crippen LogP contribution in [0.5, 0.6) is 0 Å². The molecule has 0 bridgehead atoms. The molecular formula is C20H33N. The van der Waals surface area contributed by atoms with Gasteiger partial charge in [0.05, 0.1) is 0 Å². The molecule has 1 aromatic rings. The Morgan fingerprint density at radius 1 is 1.19 bits per heavy atom. The van der Waals surface area contributed by atoms with Gasteiger partial charge in [-0.1, -0.05) is 44.5 Å². The Morgan fingerprint density at radius 2 is 1.95 bits per heavy atom. The quantitative estimate of drug-likeness (QED) is 0.812. The van der Waals surface area contributed by atoms with Crippen molar-refractivity contribution in [2.24, 2.45) is 17.3 Å². The summed E-state index contributed by atoms with van der Waals surface area (Å²) < 4.78 is 0. The molecule has 1 aliphatic rings.